The SMILES string of the molecule is O=C(NC1CC1)C1CN(c2ncc(Cl)cn2)C1. The van der Waals surface area contributed by atoms with Crippen LogP contribution in [0, 0.1) is 5.92 Å². The summed E-state index contributed by atoms with van der Waals surface area (Å²) in [7, 11) is 0. The standard InChI is InChI=1S/C11H13ClN4O/c12-8-3-13-11(14-4-8)16-5-7(6-16)10(17)15-9-1-2-9/h3-4,7,9H,1-2,5-6H2,(H,15,17). The van der Waals surface area contributed by atoms with Crippen molar-refractivity contribution in [3.8, 4) is 0 Å². The van der Waals surface area contributed by atoms with Gasteiger partial charge in [0, 0.05) is 19.1 Å². The van der Waals surface area contributed by atoms with Crippen LogP contribution in [0.4, 0.5) is 5.95 Å². The Morgan fingerprint density at radius 1 is 1.35 bits per heavy atom. The summed E-state index contributed by atoms with van der Waals surface area (Å²) in [6.45, 7) is 1.39. The van der Waals surface area contributed by atoms with Crippen molar-refractivity contribution in [3.63, 3.8) is 0 Å². The number of anilines is 1. The van der Waals surface area contributed by atoms with Gasteiger partial charge in [-0.05, 0) is 12.8 Å². The topological polar surface area (TPSA) is 58.1 Å². The number of amides is 1. The summed E-state index contributed by atoms with van der Waals surface area (Å²) in [6, 6.07) is 0.434. The Kier molecular flexibility index (Phi) is 2.63. The van der Waals surface area contributed by atoms with Gasteiger partial charge in [-0.25, -0.2) is 9.97 Å². The second kappa shape index (κ2) is 4.14. The van der Waals surface area contributed by atoms with Crippen molar-refractivity contribution < 1.29 is 4.79 Å². The van der Waals surface area contributed by atoms with Crippen LogP contribution in [0.25, 0.3) is 0 Å². The zero-order valence-electron chi connectivity index (χ0n) is 9.27. The quantitative estimate of drug-likeness (QED) is 0.866. The number of nitrogens with one attached hydrogen (secondary N) is 1. The van der Waals surface area contributed by atoms with Crippen molar-refractivity contribution in [3.05, 3.63) is 17.4 Å². The molecule has 0 spiro atoms. The molecule has 90 valence electrons. The highest BCUT2D eigenvalue weighted by Crippen LogP contribution is 2.24. The Bertz CT molecular complexity index is 426. The van der Waals surface area contributed by atoms with E-state index in [0.29, 0.717) is 30.1 Å². The van der Waals surface area contributed by atoms with E-state index in [1.54, 1.807) is 12.4 Å². The molecule has 1 aliphatic carbocycles. The first-order valence-electron chi connectivity index (χ1n) is 5.75. The largest absolute Gasteiger partial charge is 0.353 e. The molecule has 1 saturated heterocycles. The second-order valence-electron chi connectivity index (χ2n) is 4.59. The third-order valence-electron chi connectivity index (χ3n) is 3.07. The highest BCUT2D eigenvalue weighted by molar-refractivity contribution is 6.30. The molecule has 2 heterocycles. The van der Waals surface area contributed by atoms with Crippen LogP contribution in [-0.2, 0) is 4.79 Å². The van der Waals surface area contributed by atoms with Gasteiger partial charge >= 0.3 is 0 Å². The average molecular weight is 253 g/mol. The van der Waals surface area contributed by atoms with E-state index in [1.807, 2.05) is 4.90 Å². The minimum absolute atomic E-state index is 0.0786. The molecule has 1 aromatic heterocycles. The molecule has 0 atom stereocenters. The summed E-state index contributed by atoms with van der Waals surface area (Å²) >= 11 is 5.71. The summed E-state index contributed by atoms with van der Waals surface area (Å²) in [5.74, 6) is 0.887. The van der Waals surface area contributed by atoms with E-state index in [1.165, 1.54) is 0 Å². The molecule has 0 unspecified atom stereocenters. The lowest BCUT2D eigenvalue weighted by Crippen LogP contribution is -2.54. The maximum absolute atomic E-state index is 11.7. The number of carbonyl (C=O) groups excluding carboxylic acids is 1. The first-order chi connectivity index (χ1) is 8.22. The molecule has 1 saturated carbocycles. The Labute approximate surface area is 104 Å². The molecule has 0 radical (unpaired) electrons. The molecule has 1 amide bonds. The Morgan fingerprint density at radius 3 is 2.59 bits per heavy atom. The normalized spacial score (nSPS) is 19.9. The molecule has 2 fully saturated rings. The zero-order chi connectivity index (χ0) is 11.8. The van der Waals surface area contributed by atoms with Crippen LogP contribution >= 0.6 is 11.6 Å². The minimum atomic E-state index is 0.0786. The molecular formula is C11H13ClN4O. The lowest BCUT2D eigenvalue weighted by Gasteiger charge is -2.38. The van der Waals surface area contributed by atoms with E-state index < -0.39 is 0 Å². The fraction of sp³-hybridized carbons (Fsp3) is 0.545. The van der Waals surface area contributed by atoms with Crippen molar-refractivity contribution in [2.45, 2.75) is 18.9 Å². The van der Waals surface area contributed by atoms with E-state index in [2.05, 4.69) is 15.3 Å². The summed E-state index contributed by atoms with van der Waals surface area (Å²) < 4.78 is 0. The van der Waals surface area contributed by atoms with Gasteiger partial charge in [-0.15, -0.1) is 0 Å². The minimum Gasteiger partial charge on any atom is -0.353 e. The number of halogens is 1. The van der Waals surface area contributed by atoms with Gasteiger partial charge in [-0.2, -0.15) is 0 Å². The van der Waals surface area contributed by atoms with Crippen LogP contribution in [0.3, 0.4) is 0 Å². The fourth-order valence-corrected chi connectivity index (χ4v) is 1.92. The van der Waals surface area contributed by atoms with Crippen LogP contribution in [0.2, 0.25) is 5.02 Å². The van der Waals surface area contributed by atoms with Crippen LogP contribution < -0.4 is 10.2 Å². The number of nitrogens with zero attached hydrogens (tertiary/aromatic N) is 3. The highest BCUT2D eigenvalue weighted by atomic mass is 35.5. The van der Waals surface area contributed by atoms with Gasteiger partial charge in [0.25, 0.3) is 0 Å². The molecule has 6 heteroatoms. The number of hydrogen-bond donors (Lipinski definition) is 1. The second-order valence-corrected chi connectivity index (χ2v) is 5.02. The predicted octanol–water partition coefficient (Wildman–Crippen LogP) is 0.845. The van der Waals surface area contributed by atoms with Gasteiger partial charge in [0.1, 0.15) is 0 Å². The van der Waals surface area contributed by atoms with Gasteiger partial charge in [-0.1, -0.05) is 11.6 Å². The van der Waals surface area contributed by atoms with Gasteiger partial charge < -0.3 is 10.2 Å². The summed E-state index contributed by atoms with van der Waals surface area (Å²) in [6.07, 6.45) is 5.40. The van der Waals surface area contributed by atoms with Crippen molar-refractivity contribution in [1.82, 2.24) is 15.3 Å². The molecule has 0 bridgehead atoms. The van der Waals surface area contributed by atoms with Gasteiger partial charge in [-0.3, -0.25) is 4.79 Å². The summed E-state index contributed by atoms with van der Waals surface area (Å²) in [4.78, 5) is 21.9. The number of aromatic nitrogens is 2. The van der Waals surface area contributed by atoms with Gasteiger partial charge in [0.15, 0.2) is 0 Å². The third kappa shape index (κ3) is 2.34. The molecule has 1 aromatic rings. The van der Waals surface area contributed by atoms with E-state index in [4.69, 9.17) is 11.6 Å². The maximum Gasteiger partial charge on any atom is 0.226 e. The molecule has 17 heavy (non-hydrogen) atoms. The summed E-state index contributed by atoms with van der Waals surface area (Å²) in [5, 5.41) is 3.53. The summed E-state index contributed by atoms with van der Waals surface area (Å²) in [5.41, 5.74) is 0. The van der Waals surface area contributed by atoms with E-state index >= 15 is 0 Å². The first kappa shape index (κ1) is 10.8. The van der Waals surface area contributed by atoms with E-state index in [-0.39, 0.29) is 11.8 Å². The highest BCUT2D eigenvalue weighted by Gasteiger charge is 2.36. The molecule has 0 aromatic carbocycles. The van der Waals surface area contributed by atoms with Crippen molar-refractivity contribution in [1.29, 1.82) is 0 Å². The Balaban J connectivity index is 1.53. The zero-order valence-corrected chi connectivity index (χ0v) is 10.0. The van der Waals surface area contributed by atoms with E-state index in [0.717, 1.165) is 12.8 Å². The average Bonchev–Trinajstić information content (AvgIpc) is 3.02. The lowest BCUT2D eigenvalue weighted by atomic mass is 10.00. The van der Waals surface area contributed by atoms with Crippen molar-refractivity contribution in [2.24, 2.45) is 5.92 Å². The lowest BCUT2D eigenvalue weighted by molar-refractivity contribution is -0.125. The van der Waals surface area contributed by atoms with Gasteiger partial charge in [0.2, 0.25) is 11.9 Å². The predicted molar refractivity (Wildman–Crippen MR) is 63.9 cm³/mol. The molecule has 3 rings (SSSR count). The van der Waals surface area contributed by atoms with Crippen LogP contribution in [-0.4, -0.2) is 35.0 Å². The smallest absolute Gasteiger partial charge is 0.226 e. The Morgan fingerprint density at radius 2 is 2.00 bits per heavy atom. The Hall–Kier alpha value is -1.36. The number of hydrogen-bond acceptors (Lipinski definition) is 4. The van der Waals surface area contributed by atoms with E-state index in [9.17, 15) is 4.79 Å². The van der Waals surface area contributed by atoms with Crippen LogP contribution in [0.5, 0.6) is 0 Å². The molecule has 1 aliphatic heterocycles. The third-order valence-corrected chi connectivity index (χ3v) is 3.26. The molecule has 5 nitrogen and oxygen atoms in total. The van der Waals surface area contributed by atoms with Crippen LogP contribution in [0.1, 0.15) is 12.8 Å². The number of rotatable bonds is 3. The monoisotopic (exact) mass is 252 g/mol. The molecule has 1 N–H and O–H groups in total. The maximum atomic E-state index is 11.7. The number of carbonyl (C=O) groups is 1. The fourth-order valence-electron chi connectivity index (χ4n) is 1.82. The van der Waals surface area contributed by atoms with Gasteiger partial charge in [0.05, 0.1) is 23.3 Å². The van der Waals surface area contributed by atoms with Crippen molar-refractivity contribution in [2.75, 3.05) is 18.0 Å². The molecule has 2 aliphatic rings. The van der Waals surface area contributed by atoms with Crippen LogP contribution in [0.15, 0.2) is 12.4 Å². The van der Waals surface area contributed by atoms with Crippen molar-refractivity contribution >= 4 is 23.5 Å². The molecular weight excluding hydrogens is 240 g/mol. The first-order valence-corrected chi connectivity index (χ1v) is 6.13.